The number of hydrogen-bond acceptors (Lipinski definition) is 0. The summed E-state index contributed by atoms with van der Waals surface area (Å²) in [7, 11) is 0. The van der Waals surface area contributed by atoms with Crippen LogP contribution in [0.5, 0.6) is 0 Å². The average Bonchev–Trinajstić information content (AvgIpc) is 2.23. The first-order valence-corrected chi connectivity index (χ1v) is 5.80. The molecule has 1 unspecified atom stereocenters. The second kappa shape index (κ2) is 5.29. The van der Waals surface area contributed by atoms with E-state index in [-0.39, 0.29) is 5.83 Å². The highest BCUT2D eigenvalue weighted by atomic mass is 19.1. The van der Waals surface area contributed by atoms with E-state index in [4.69, 9.17) is 0 Å². The zero-order valence-corrected chi connectivity index (χ0v) is 10.1. The molecule has 0 nitrogen and oxygen atoms in total. The maximum Gasteiger partial charge on any atom is 0.129 e. The highest BCUT2D eigenvalue weighted by Gasteiger charge is 2.19. The van der Waals surface area contributed by atoms with Crippen molar-refractivity contribution in [2.45, 2.75) is 46.5 Å². The number of allylic oxidation sites excluding steroid dienone is 5. The van der Waals surface area contributed by atoms with E-state index in [2.05, 4.69) is 20.4 Å². The first-order chi connectivity index (χ1) is 7.10. The van der Waals surface area contributed by atoms with Gasteiger partial charge in [0.05, 0.1) is 0 Å². The molecule has 15 heavy (non-hydrogen) atoms. The van der Waals surface area contributed by atoms with Gasteiger partial charge in [0.15, 0.2) is 0 Å². The lowest BCUT2D eigenvalue weighted by Gasteiger charge is -2.23. The number of halogens is 1. The molecule has 0 N–H and O–H groups in total. The Morgan fingerprint density at radius 1 is 1.60 bits per heavy atom. The molecule has 0 aliphatic heterocycles. The first kappa shape index (κ1) is 12.2. The minimum atomic E-state index is -0.0171. The summed E-state index contributed by atoms with van der Waals surface area (Å²) in [5.41, 5.74) is 2.90. The molecule has 0 aromatic heterocycles. The van der Waals surface area contributed by atoms with Gasteiger partial charge in [-0.1, -0.05) is 32.1 Å². The quantitative estimate of drug-likeness (QED) is 0.576. The van der Waals surface area contributed by atoms with Gasteiger partial charge in [-0.05, 0) is 49.7 Å². The van der Waals surface area contributed by atoms with E-state index in [0.29, 0.717) is 5.92 Å². The van der Waals surface area contributed by atoms with Crippen molar-refractivity contribution in [2.75, 3.05) is 0 Å². The van der Waals surface area contributed by atoms with Gasteiger partial charge in [-0.2, -0.15) is 0 Å². The minimum absolute atomic E-state index is 0.0171. The van der Waals surface area contributed by atoms with Gasteiger partial charge in [0.25, 0.3) is 0 Å². The van der Waals surface area contributed by atoms with E-state index >= 15 is 0 Å². The third-order valence-corrected chi connectivity index (χ3v) is 3.25. The van der Waals surface area contributed by atoms with Crippen LogP contribution in [-0.2, 0) is 0 Å². The molecular formula is C14H21F. The Morgan fingerprint density at radius 3 is 2.80 bits per heavy atom. The summed E-state index contributed by atoms with van der Waals surface area (Å²) in [6.07, 6.45) is 5.49. The Hall–Kier alpha value is -0.850. The summed E-state index contributed by atoms with van der Waals surface area (Å²) in [4.78, 5) is 0. The van der Waals surface area contributed by atoms with E-state index < -0.39 is 0 Å². The van der Waals surface area contributed by atoms with Crippen LogP contribution in [0.4, 0.5) is 4.39 Å². The van der Waals surface area contributed by atoms with Crippen molar-refractivity contribution in [3.8, 4) is 0 Å². The summed E-state index contributed by atoms with van der Waals surface area (Å²) in [5.74, 6) is 0.592. The summed E-state index contributed by atoms with van der Waals surface area (Å²) in [5, 5.41) is 0. The third kappa shape index (κ3) is 2.80. The predicted octanol–water partition coefficient (Wildman–Crippen LogP) is 4.94. The molecular weight excluding hydrogens is 187 g/mol. The highest BCUT2D eigenvalue weighted by Crippen LogP contribution is 2.35. The Labute approximate surface area is 92.6 Å². The lowest BCUT2D eigenvalue weighted by molar-refractivity contribution is 0.478. The van der Waals surface area contributed by atoms with Gasteiger partial charge >= 0.3 is 0 Å². The van der Waals surface area contributed by atoms with Crippen LogP contribution in [-0.4, -0.2) is 0 Å². The minimum Gasteiger partial charge on any atom is -0.206 e. The van der Waals surface area contributed by atoms with Gasteiger partial charge in [0.1, 0.15) is 5.83 Å². The van der Waals surface area contributed by atoms with Crippen molar-refractivity contribution in [1.82, 2.24) is 0 Å². The average molecular weight is 208 g/mol. The smallest absolute Gasteiger partial charge is 0.129 e. The second-order valence-electron chi connectivity index (χ2n) is 4.50. The fourth-order valence-electron chi connectivity index (χ4n) is 2.10. The molecule has 1 heteroatoms. The number of rotatable bonds is 3. The van der Waals surface area contributed by atoms with Crippen molar-refractivity contribution < 1.29 is 4.39 Å². The molecule has 0 aromatic carbocycles. The summed E-state index contributed by atoms with van der Waals surface area (Å²) in [6.45, 7) is 9.89. The van der Waals surface area contributed by atoms with E-state index in [1.165, 1.54) is 12.0 Å². The molecule has 0 saturated heterocycles. The van der Waals surface area contributed by atoms with Crippen LogP contribution in [0.3, 0.4) is 0 Å². The standard InChI is InChI=1S/C14H21F/c1-5-12(6-2)14(15)13-9-10(3)7-8-11(13)4/h5,10H,1,6-9H2,2-4H3. The molecule has 0 spiro atoms. The SMILES string of the molecule is C=CC(CC)=C(F)C1=C(C)CCC(C)C1. The van der Waals surface area contributed by atoms with Gasteiger partial charge in [-0.15, -0.1) is 0 Å². The summed E-state index contributed by atoms with van der Waals surface area (Å²) in [6, 6.07) is 0. The fourth-order valence-corrected chi connectivity index (χ4v) is 2.10. The Morgan fingerprint density at radius 2 is 2.27 bits per heavy atom. The lowest BCUT2D eigenvalue weighted by Crippen LogP contribution is -2.07. The zero-order chi connectivity index (χ0) is 11.4. The molecule has 84 valence electrons. The molecule has 0 bridgehead atoms. The van der Waals surface area contributed by atoms with E-state index in [1.54, 1.807) is 6.08 Å². The zero-order valence-electron chi connectivity index (χ0n) is 10.1. The van der Waals surface area contributed by atoms with Gasteiger partial charge in [-0.25, -0.2) is 4.39 Å². The van der Waals surface area contributed by atoms with Crippen LogP contribution < -0.4 is 0 Å². The monoisotopic (exact) mass is 208 g/mol. The summed E-state index contributed by atoms with van der Waals surface area (Å²) < 4.78 is 14.1. The molecule has 1 atom stereocenters. The number of hydrogen-bond donors (Lipinski definition) is 0. The van der Waals surface area contributed by atoms with E-state index in [1.807, 2.05) is 6.92 Å². The molecule has 1 rings (SSSR count). The highest BCUT2D eigenvalue weighted by molar-refractivity contribution is 5.38. The molecule has 0 fully saturated rings. The van der Waals surface area contributed by atoms with Crippen LogP contribution in [0.15, 0.2) is 35.2 Å². The lowest BCUT2D eigenvalue weighted by atomic mass is 9.84. The largest absolute Gasteiger partial charge is 0.206 e. The van der Waals surface area contributed by atoms with Crippen molar-refractivity contribution in [3.05, 3.63) is 35.2 Å². The molecule has 1 aliphatic carbocycles. The molecule has 0 saturated carbocycles. The second-order valence-corrected chi connectivity index (χ2v) is 4.50. The van der Waals surface area contributed by atoms with Crippen molar-refractivity contribution in [2.24, 2.45) is 5.92 Å². The van der Waals surface area contributed by atoms with Gasteiger partial charge in [-0.3, -0.25) is 0 Å². The van der Waals surface area contributed by atoms with Crippen LogP contribution >= 0.6 is 0 Å². The fraction of sp³-hybridized carbons (Fsp3) is 0.571. The van der Waals surface area contributed by atoms with Crippen LogP contribution in [0.25, 0.3) is 0 Å². The molecule has 0 aromatic rings. The van der Waals surface area contributed by atoms with Crippen molar-refractivity contribution >= 4 is 0 Å². The predicted molar refractivity (Wildman–Crippen MR) is 64.3 cm³/mol. The molecule has 1 aliphatic rings. The third-order valence-electron chi connectivity index (χ3n) is 3.25. The van der Waals surface area contributed by atoms with E-state index in [9.17, 15) is 4.39 Å². The summed E-state index contributed by atoms with van der Waals surface area (Å²) >= 11 is 0. The Kier molecular flexibility index (Phi) is 4.31. The van der Waals surface area contributed by atoms with Crippen molar-refractivity contribution in [3.63, 3.8) is 0 Å². The first-order valence-electron chi connectivity index (χ1n) is 5.80. The normalized spacial score (nSPS) is 23.9. The van der Waals surface area contributed by atoms with E-state index in [0.717, 1.165) is 30.4 Å². The van der Waals surface area contributed by atoms with Gasteiger partial charge in [0, 0.05) is 0 Å². The van der Waals surface area contributed by atoms with Crippen LogP contribution in [0.2, 0.25) is 0 Å². The van der Waals surface area contributed by atoms with Gasteiger partial charge in [0.2, 0.25) is 0 Å². The van der Waals surface area contributed by atoms with Crippen LogP contribution in [0, 0.1) is 5.92 Å². The van der Waals surface area contributed by atoms with Crippen LogP contribution in [0.1, 0.15) is 46.5 Å². The molecule has 0 radical (unpaired) electrons. The van der Waals surface area contributed by atoms with Gasteiger partial charge < -0.3 is 0 Å². The maximum atomic E-state index is 14.1. The maximum absolute atomic E-state index is 14.1. The Bertz CT molecular complexity index is 307. The Balaban J connectivity index is 3.04. The molecule has 0 heterocycles. The topological polar surface area (TPSA) is 0 Å². The van der Waals surface area contributed by atoms with Crippen molar-refractivity contribution in [1.29, 1.82) is 0 Å². The molecule has 0 amide bonds.